The van der Waals surface area contributed by atoms with E-state index in [0.717, 1.165) is 27.2 Å². The van der Waals surface area contributed by atoms with Crippen molar-refractivity contribution in [1.29, 1.82) is 0 Å². The van der Waals surface area contributed by atoms with Crippen molar-refractivity contribution in [2.24, 2.45) is 5.92 Å². The predicted octanol–water partition coefficient (Wildman–Crippen LogP) is 4.26. The van der Waals surface area contributed by atoms with E-state index >= 15 is 0 Å². The number of likely N-dealkylation sites (tertiary alicyclic amines) is 1. The Hall–Kier alpha value is -3.49. The molecule has 2 aromatic carbocycles. The maximum atomic E-state index is 13.9. The monoisotopic (exact) mass is 486 g/mol. The lowest BCUT2D eigenvalue weighted by Gasteiger charge is -2.27. The van der Waals surface area contributed by atoms with Gasteiger partial charge in [0.05, 0.1) is 6.54 Å². The Kier molecular flexibility index (Phi) is 6.53. The van der Waals surface area contributed by atoms with Gasteiger partial charge in [-0.1, -0.05) is 48.5 Å². The highest BCUT2D eigenvalue weighted by Gasteiger charge is 2.53. The van der Waals surface area contributed by atoms with Crippen LogP contribution in [0, 0.1) is 5.92 Å². The number of carboxylic acid groups (broad SMARTS) is 1. The van der Waals surface area contributed by atoms with Crippen LogP contribution in [0.2, 0.25) is 0 Å². The first-order valence-corrected chi connectivity index (χ1v) is 11.5. The molecule has 0 bridgehead atoms. The van der Waals surface area contributed by atoms with Crippen LogP contribution in [0.5, 0.6) is 0 Å². The molecule has 7 nitrogen and oxygen atoms in total. The van der Waals surface area contributed by atoms with E-state index in [4.69, 9.17) is 9.84 Å². The molecule has 2 amide bonds. The topological polar surface area (TPSA) is 95.9 Å². The van der Waals surface area contributed by atoms with Gasteiger partial charge in [-0.2, -0.15) is 0 Å². The van der Waals surface area contributed by atoms with Crippen LogP contribution in [0.15, 0.2) is 48.5 Å². The minimum atomic E-state index is -3.46. The summed E-state index contributed by atoms with van der Waals surface area (Å²) in [6.45, 7) is 2.12. The second-order valence-electron chi connectivity index (χ2n) is 9.76. The van der Waals surface area contributed by atoms with Crippen LogP contribution in [-0.2, 0) is 14.3 Å². The normalized spacial score (nSPS) is 18.6. The Labute approximate surface area is 202 Å². The molecule has 1 saturated heterocycles. The number of alkyl carbamates (subject to hydrolysis) is 1. The lowest BCUT2D eigenvalue weighted by Crippen LogP contribution is -2.45. The number of carbonyl (C=O) groups excluding carboxylic acids is 2. The quantitative estimate of drug-likeness (QED) is 0.610. The Balaban J connectivity index is 1.30. The van der Waals surface area contributed by atoms with E-state index in [1.54, 1.807) is 13.8 Å². The number of benzene rings is 2. The van der Waals surface area contributed by atoms with Crippen LogP contribution in [0.25, 0.3) is 11.1 Å². The van der Waals surface area contributed by atoms with Gasteiger partial charge in [-0.15, -0.1) is 0 Å². The maximum Gasteiger partial charge on any atom is 0.407 e. The van der Waals surface area contributed by atoms with Crippen molar-refractivity contribution < 1.29 is 33.0 Å². The Morgan fingerprint density at radius 3 is 2.20 bits per heavy atom. The fraction of sp³-hybridized carbons (Fsp3) is 0.423. The van der Waals surface area contributed by atoms with E-state index in [2.05, 4.69) is 5.32 Å². The molecule has 2 N–H and O–H groups in total. The molecule has 9 heteroatoms. The van der Waals surface area contributed by atoms with Gasteiger partial charge in [0, 0.05) is 24.4 Å². The molecule has 186 valence electrons. The van der Waals surface area contributed by atoms with Crippen molar-refractivity contribution >= 4 is 18.0 Å². The maximum absolute atomic E-state index is 13.9. The second-order valence-corrected chi connectivity index (χ2v) is 9.76. The van der Waals surface area contributed by atoms with Crippen LogP contribution in [0.4, 0.5) is 13.6 Å². The minimum absolute atomic E-state index is 0.0862. The Bertz CT molecular complexity index is 1100. The van der Waals surface area contributed by atoms with E-state index in [-0.39, 0.29) is 25.4 Å². The molecule has 1 aliphatic heterocycles. The molecule has 1 atom stereocenters. The summed E-state index contributed by atoms with van der Waals surface area (Å²) < 4.78 is 33.3. The highest BCUT2D eigenvalue weighted by atomic mass is 19.3. The molecular weight excluding hydrogens is 458 g/mol. The number of hydrogen-bond donors (Lipinski definition) is 2. The van der Waals surface area contributed by atoms with Gasteiger partial charge in [0.2, 0.25) is 5.91 Å². The number of hydrogen-bond acceptors (Lipinski definition) is 4. The Morgan fingerprint density at radius 1 is 1.09 bits per heavy atom. The molecule has 1 heterocycles. The summed E-state index contributed by atoms with van der Waals surface area (Å²) in [4.78, 5) is 36.9. The number of nitrogens with one attached hydrogen (secondary N) is 1. The average molecular weight is 487 g/mol. The highest BCUT2D eigenvalue weighted by molar-refractivity contribution is 5.80. The van der Waals surface area contributed by atoms with Crippen LogP contribution < -0.4 is 5.32 Å². The fourth-order valence-electron chi connectivity index (χ4n) is 4.78. The van der Waals surface area contributed by atoms with Crippen molar-refractivity contribution in [3.05, 3.63) is 59.7 Å². The highest BCUT2D eigenvalue weighted by Crippen LogP contribution is 2.44. The van der Waals surface area contributed by atoms with Gasteiger partial charge in [0.15, 0.2) is 0 Å². The predicted molar refractivity (Wildman–Crippen MR) is 124 cm³/mol. The summed E-state index contributed by atoms with van der Waals surface area (Å²) in [5.74, 6) is -7.65. The molecular formula is C26H28F2N2O5. The van der Waals surface area contributed by atoms with E-state index in [1.165, 1.54) is 0 Å². The van der Waals surface area contributed by atoms with Crippen molar-refractivity contribution in [3.63, 3.8) is 0 Å². The average Bonchev–Trinajstić information content (AvgIpc) is 3.30. The summed E-state index contributed by atoms with van der Waals surface area (Å²) in [5.41, 5.74) is 3.58. The van der Waals surface area contributed by atoms with Crippen molar-refractivity contribution in [2.45, 2.75) is 44.1 Å². The van der Waals surface area contributed by atoms with Gasteiger partial charge in [-0.3, -0.25) is 9.59 Å². The second kappa shape index (κ2) is 9.28. The smallest absolute Gasteiger partial charge is 0.407 e. The number of amides is 2. The third-order valence-electron chi connectivity index (χ3n) is 6.71. The first-order chi connectivity index (χ1) is 16.5. The van der Waals surface area contributed by atoms with Gasteiger partial charge in [-0.05, 0) is 42.5 Å². The van der Waals surface area contributed by atoms with E-state index in [9.17, 15) is 23.2 Å². The number of halogens is 2. The van der Waals surface area contributed by atoms with Crippen molar-refractivity contribution in [3.8, 4) is 11.1 Å². The summed E-state index contributed by atoms with van der Waals surface area (Å²) in [5, 5.41) is 11.7. The first kappa shape index (κ1) is 24.6. The third kappa shape index (κ3) is 5.13. The molecule has 0 spiro atoms. The first-order valence-electron chi connectivity index (χ1n) is 11.5. The number of alkyl halides is 2. The fourth-order valence-corrected chi connectivity index (χ4v) is 4.78. The molecule has 1 fully saturated rings. The Morgan fingerprint density at radius 2 is 1.66 bits per heavy atom. The number of carbonyl (C=O) groups is 3. The van der Waals surface area contributed by atoms with Gasteiger partial charge in [0.25, 0.3) is 5.92 Å². The third-order valence-corrected chi connectivity index (χ3v) is 6.71. The van der Waals surface area contributed by atoms with Crippen molar-refractivity contribution in [1.82, 2.24) is 10.2 Å². The zero-order chi connectivity index (χ0) is 25.4. The molecule has 1 aliphatic carbocycles. The summed E-state index contributed by atoms with van der Waals surface area (Å²) in [6.07, 6.45) is -0.572. The molecule has 0 aromatic heterocycles. The summed E-state index contributed by atoms with van der Waals surface area (Å²) in [6, 6.07) is 16.0. The molecule has 1 unspecified atom stereocenters. The molecule has 2 aliphatic rings. The SMILES string of the molecule is CC(C)(CCC(=O)N1CC(C(=O)O)C(F)(F)C1)NC(=O)OCC1c2ccccc2-c2ccccc21. The lowest BCUT2D eigenvalue weighted by molar-refractivity contribution is -0.151. The molecule has 0 radical (unpaired) electrons. The number of rotatable bonds is 7. The molecule has 0 saturated carbocycles. The molecule has 2 aromatic rings. The zero-order valence-corrected chi connectivity index (χ0v) is 19.6. The van der Waals surface area contributed by atoms with Gasteiger partial charge >= 0.3 is 12.1 Å². The number of ether oxygens (including phenoxy) is 1. The largest absolute Gasteiger partial charge is 0.481 e. The van der Waals surface area contributed by atoms with Crippen LogP contribution in [-0.4, -0.2) is 59.1 Å². The minimum Gasteiger partial charge on any atom is -0.481 e. The number of aliphatic carboxylic acids is 1. The molecule has 4 rings (SSSR count). The lowest BCUT2D eigenvalue weighted by atomic mass is 9.98. The van der Waals surface area contributed by atoms with Crippen LogP contribution >= 0.6 is 0 Å². The van der Waals surface area contributed by atoms with Crippen LogP contribution in [0.1, 0.15) is 43.7 Å². The summed E-state index contributed by atoms with van der Waals surface area (Å²) >= 11 is 0. The van der Waals surface area contributed by atoms with E-state index in [1.807, 2.05) is 48.5 Å². The van der Waals surface area contributed by atoms with Crippen LogP contribution in [0.3, 0.4) is 0 Å². The zero-order valence-electron chi connectivity index (χ0n) is 19.6. The molecule has 35 heavy (non-hydrogen) atoms. The number of nitrogens with zero attached hydrogens (tertiary/aromatic N) is 1. The number of carboxylic acids is 1. The van der Waals surface area contributed by atoms with E-state index < -0.39 is 48.4 Å². The number of fused-ring (bicyclic) bond motifs is 3. The van der Waals surface area contributed by atoms with Gasteiger partial charge in [0.1, 0.15) is 12.5 Å². The van der Waals surface area contributed by atoms with Gasteiger partial charge < -0.3 is 20.1 Å². The van der Waals surface area contributed by atoms with Gasteiger partial charge in [-0.25, -0.2) is 13.6 Å². The summed E-state index contributed by atoms with van der Waals surface area (Å²) in [7, 11) is 0. The standard InChI is InChI=1S/C26H28F2N2O5/c1-25(2,12-11-22(31)30-13-21(23(32)33)26(27,28)15-30)29-24(34)35-14-20-18-9-5-3-7-16(18)17-8-4-6-10-19(17)20/h3-10,20-21H,11-15H2,1-2H3,(H,29,34)(H,32,33). The van der Waals surface area contributed by atoms with E-state index in [0.29, 0.717) is 0 Å². The van der Waals surface area contributed by atoms with Crippen molar-refractivity contribution in [2.75, 3.05) is 19.7 Å².